The largest absolute Gasteiger partial charge is 0.484 e. The summed E-state index contributed by atoms with van der Waals surface area (Å²) in [5.41, 5.74) is -0.521. The number of carbonyl (C=O) groups is 2. The Labute approximate surface area is 193 Å². The normalized spacial score (nSPS) is 11.5. The summed E-state index contributed by atoms with van der Waals surface area (Å²) in [6.07, 6.45) is -3.47. The molecule has 0 aliphatic carbocycles. The molecule has 0 aromatic heterocycles. The van der Waals surface area contributed by atoms with Crippen molar-refractivity contribution < 1.29 is 35.9 Å². The first-order valence-corrected chi connectivity index (χ1v) is 11.6. The van der Waals surface area contributed by atoms with Gasteiger partial charge >= 0.3 is 6.18 Å². The third kappa shape index (κ3) is 6.82. The van der Waals surface area contributed by atoms with Gasteiger partial charge in [0.1, 0.15) is 5.75 Å². The zero-order chi connectivity index (χ0) is 24.9. The van der Waals surface area contributed by atoms with Crippen LogP contribution in [0, 0.1) is 0 Å². The zero-order valence-electron chi connectivity index (χ0n) is 17.7. The predicted molar refractivity (Wildman–Crippen MR) is 120 cm³/mol. The minimum absolute atomic E-state index is 0.0236. The zero-order valence-corrected chi connectivity index (χ0v) is 18.5. The van der Waals surface area contributed by atoms with Crippen molar-refractivity contribution in [2.45, 2.75) is 11.1 Å². The molecule has 0 saturated carbocycles. The predicted octanol–water partition coefficient (Wildman–Crippen LogP) is 4.38. The molecule has 3 aromatic rings. The maximum atomic E-state index is 12.9. The Bertz CT molecular complexity index is 1310. The fourth-order valence-electron chi connectivity index (χ4n) is 2.84. The number of ether oxygens (including phenoxy) is 1. The van der Waals surface area contributed by atoms with Crippen LogP contribution in [-0.4, -0.2) is 33.1 Å². The van der Waals surface area contributed by atoms with E-state index in [0.717, 1.165) is 18.4 Å². The van der Waals surface area contributed by atoms with Gasteiger partial charge in [0.05, 0.1) is 10.5 Å². The fourth-order valence-corrected chi connectivity index (χ4v) is 3.47. The van der Waals surface area contributed by atoms with Crippen molar-refractivity contribution in [1.82, 2.24) is 0 Å². The highest BCUT2D eigenvalue weighted by molar-refractivity contribution is 7.90. The number of anilines is 2. The highest BCUT2D eigenvalue weighted by atomic mass is 32.2. The van der Waals surface area contributed by atoms with Crippen LogP contribution in [0.3, 0.4) is 0 Å². The SMILES string of the molecule is CS(=O)(=O)c1ccc(OCC(=O)Nc2cccc(C(=O)Nc3cccc(C(F)(F)F)c3)c2)cc1. The van der Waals surface area contributed by atoms with Crippen LogP contribution in [-0.2, 0) is 20.8 Å². The number of nitrogens with one attached hydrogen (secondary N) is 2. The van der Waals surface area contributed by atoms with Crippen LogP contribution in [0.2, 0.25) is 0 Å². The van der Waals surface area contributed by atoms with Gasteiger partial charge in [0.2, 0.25) is 0 Å². The second-order valence-corrected chi connectivity index (χ2v) is 9.21. The molecule has 0 unspecified atom stereocenters. The third-order valence-electron chi connectivity index (χ3n) is 4.48. The highest BCUT2D eigenvalue weighted by Crippen LogP contribution is 2.30. The van der Waals surface area contributed by atoms with E-state index >= 15 is 0 Å². The van der Waals surface area contributed by atoms with Gasteiger partial charge in [-0.3, -0.25) is 9.59 Å². The number of hydrogen-bond acceptors (Lipinski definition) is 5. The van der Waals surface area contributed by atoms with Crippen molar-refractivity contribution >= 4 is 33.0 Å². The van der Waals surface area contributed by atoms with E-state index in [-0.39, 0.29) is 34.2 Å². The van der Waals surface area contributed by atoms with Gasteiger partial charge in [-0.15, -0.1) is 0 Å². The average molecular weight is 492 g/mol. The van der Waals surface area contributed by atoms with Crippen LogP contribution in [0.1, 0.15) is 15.9 Å². The lowest BCUT2D eigenvalue weighted by Crippen LogP contribution is -2.20. The number of alkyl halides is 3. The van der Waals surface area contributed by atoms with Gasteiger partial charge in [0.25, 0.3) is 11.8 Å². The Morgan fingerprint density at radius 2 is 1.50 bits per heavy atom. The summed E-state index contributed by atoms with van der Waals surface area (Å²) in [6, 6.07) is 15.6. The van der Waals surface area contributed by atoms with Gasteiger partial charge in [-0.2, -0.15) is 13.2 Å². The van der Waals surface area contributed by atoms with Crippen molar-refractivity contribution in [2.75, 3.05) is 23.5 Å². The fraction of sp³-hybridized carbons (Fsp3) is 0.130. The second-order valence-electron chi connectivity index (χ2n) is 7.19. The summed E-state index contributed by atoms with van der Waals surface area (Å²) in [7, 11) is -3.35. The molecular formula is C23H19F3N2O5S. The summed E-state index contributed by atoms with van der Waals surface area (Å²) in [5, 5.41) is 4.94. The molecule has 0 atom stereocenters. The maximum absolute atomic E-state index is 12.9. The van der Waals surface area contributed by atoms with Crippen molar-refractivity contribution in [1.29, 1.82) is 0 Å². The maximum Gasteiger partial charge on any atom is 0.416 e. The molecule has 2 N–H and O–H groups in total. The molecule has 34 heavy (non-hydrogen) atoms. The molecule has 0 saturated heterocycles. The summed E-state index contributed by atoms with van der Waals surface area (Å²) in [5.74, 6) is -0.906. The molecule has 0 fully saturated rings. The quantitative estimate of drug-likeness (QED) is 0.510. The van der Waals surface area contributed by atoms with Crippen molar-refractivity contribution in [3.05, 3.63) is 83.9 Å². The Morgan fingerprint density at radius 1 is 0.882 bits per heavy atom. The molecule has 3 aromatic carbocycles. The van der Waals surface area contributed by atoms with Gasteiger partial charge in [-0.25, -0.2) is 8.42 Å². The van der Waals surface area contributed by atoms with Crippen LogP contribution >= 0.6 is 0 Å². The van der Waals surface area contributed by atoms with Gasteiger partial charge in [0.15, 0.2) is 16.4 Å². The molecule has 11 heteroatoms. The van der Waals surface area contributed by atoms with E-state index in [1.165, 1.54) is 60.7 Å². The Kier molecular flexibility index (Phi) is 7.26. The first kappa shape index (κ1) is 24.8. The smallest absolute Gasteiger partial charge is 0.416 e. The van der Waals surface area contributed by atoms with Gasteiger partial charge in [-0.1, -0.05) is 12.1 Å². The lowest BCUT2D eigenvalue weighted by molar-refractivity contribution is -0.137. The first-order valence-electron chi connectivity index (χ1n) is 9.73. The molecule has 0 bridgehead atoms. The van der Waals surface area contributed by atoms with E-state index in [9.17, 15) is 31.2 Å². The van der Waals surface area contributed by atoms with Gasteiger partial charge in [0, 0.05) is 23.2 Å². The topological polar surface area (TPSA) is 102 Å². The lowest BCUT2D eigenvalue weighted by atomic mass is 10.1. The molecule has 0 heterocycles. The van der Waals surface area contributed by atoms with E-state index < -0.39 is 33.4 Å². The van der Waals surface area contributed by atoms with Crippen molar-refractivity contribution in [3.63, 3.8) is 0 Å². The first-order chi connectivity index (χ1) is 15.9. The highest BCUT2D eigenvalue weighted by Gasteiger charge is 2.30. The van der Waals surface area contributed by atoms with E-state index in [1.807, 2.05) is 0 Å². The summed E-state index contributed by atoms with van der Waals surface area (Å²) < 4.78 is 66.8. The number of carbonyl (C=O) groups excluding carboxylic acids is 2. The minimum atomic E-state index is -4.54. The average Bonchev–Trinajstić information content (AvgIpc) is 2.77. The van der Waals surface area contributed by atoms with Crippen LogP contribution in [0.25, 0.3) is 0 Å². The number of sulfone groups is 1. The summed E-state index contributed by atoms with van der Waals surface area (Å²) in [4.78, 5) is 24.7. The molecule has 7 nitrogen and oxygen atoms in total. The molecular weight excluding hydrogens is 473 g/mol. The van der Waals surface area contributed by atoms with Crippen LogP contribution in [0.5, 0.6) is 5.75 Å². The van der Waals surface area contributed by atoms with Crippen LogP contribution in [0.15, 0.2) is 77.7 Å². The van der Waals surface area contributed by atoms with Crippen LogP contribution in [0.4, 0.5) is 24.5 Å². The number of halogens is 3. The Hall–Kier alpha value is -3.86. The lowest BCUT2D eigenvalue weighted by Gasteiger charge is -2.11. The third-order valence-corrected chi connectivity index (χ3v) is 5.61. The number of amides is 2. The molecule has 0 spiro atoms. The molecule has 178 valence electrons. The Morgan fingerprint density at radius 3 is 2.12 bits per heavy atom. The Balaban J connectivity index is 1.59. The number of benzene rings is 3. The van der Waals surface area contributed by atoms with Crippen molar-refractivity contribution in [2.24, 2.45) is 0 Å². The number of rotatable bonds is 7. The molecule has 0 aliphatic rings. The molecule has 3 rings (SSSR count). The monoisotopic (exact) mass is 492 g/mol. The molecule has 0 radical (unpaired) electrons. The second kappa shape index (κ2) is 9.96. The van der Waals surface area contributed by atoms with Crippen LogP contribution < -0.4 is 15.4 Å². The van der Waals surface area contributed by atoms with Gasteiger partial charge < -0.3 is 15.4 Å². The number of hydrogen-bond donors (Lipinski definition) is 2. The molecule has 0 aliphatic heterocycles. The van der Waals surface area contributed by atoms with E-state index in [2.05, 4.69) is 10.6 Å². The van der Waals surface area contributed by atoms with E-state index in [1.54, 1.807) is 0 Å². The summed E-state index contributed by atoms with van der Waals surface area (Å²) >= 11 is 0. The van der Waals surface area contributed by atoms with E-state index in [4.69, 9.17) is 4.74 Å². The standard InChI is InChI=1S/C23H19F3N2O5S/c1-34(31,32)20-10-8-19(9-11-20)33-14-21(29)27-17-6-2-4-15(12-17)22(30)28-18-7-3-5-16(13-18)23(24,25)26/h2-13H,14H2,1H3,(H,27,29)(H,28,30). The minimum Gasteiger partial charge on any atom is -0.484 e. The summed E-state index contributed by atoms with van der Waals surface area (Å²) in [6.45, 7) is -0.376. The molecule has 2 amide bonds. The van der Waals surface area contributed by atoms with Crippen molar-refractivity contribution in [3.8, 4) is 5.75 Å². The van der Waals surface area contributed by atoms with E-state index in [0.29, 0.717) is 0 Å². The van der Waals surface area contributed by atoms with Gasteiger partial charge in [-0.05, 0) is 60.7 Å².